The summed E-state index contributed by atoms with van der Waals surface area (Å²) in [6, 6.07) is 0. The normalized spacial score (nSPS) is 19.3. The highest BCUT2D eigenvalue weighted by molar-refractivity contribution is 7.47. The SMILES string of the molecule is CCCCC/C=C\C/C=C\C/C=C\C/C=C\CCCCCC(=O)O[C@H](COC(=O)CCCCCC[C@H]1[C@@H](O)CC(=O)[C@@H]1/C=C/[C@@H](O)CCCCC)COP(=O)(O)OCC[N+](C)(C)C. The molecule has 3 N–H and O–H groups in total. The largest absolute Gasteiger partial charge is 0.472 e. The molecular formula is C50H87NO11P+. The molecule has 1 aliphatic rings. The maximum Gasteiger partial charge on any atom is 0.472 e. The van der Waals surface area contributed by atoms with Crippen LogP contribution in [0.25, 0.3) is 0 Å². The van der Waals surface area contributed by atoms with E-state index >= 15 is 0 Å². The minimum atomic E-state index is -4.45. The fraction of sp³-hybridized carbons (Fsp3) is 0.740. The van der Waals surface area contributed by atoms with Gasteiger partial charge in [-0.1, -0.05) is 132 Å². The molecular weight excluding hydrogens is 822 g/mol. The van der Waals surface area contributed by atoms with Crippen molar-refractivity contribution in [3.8, 4) is 0 Å². The van der Waals surface area contributed by atoms with Crippen molar-refractivity contribution >= 4 is 25.5 Å². The number of carbonyl (C=O) groups is 3. The third-order valence-corrected chi connectivity index (χ3v) is 11.9. The summed E-state index contributed by atoms with van der Waals surface area (Å²) in [5.41, 5.74) is 0. The first-order valence-electron chi connectivity index (χ1n) is 24.1. The van der Waals surface area contributed by atoms with Crippen LogP contribution < -0.4 is 0 Å². The van der Waals surface area contributed by atoms with E-state index in [2.05, 4.69) is 62.5 Å². The summed E-state index contributed by atoms with van der Waals surface area (Å²) < 4.78 is 34.3. The second-order valence-electron chi connectivity index (χ2n) is 17.9. The van der Waals surface area contributed by atoms with E-state index in [1.54, 1.807) is 12.2 Å². The zero-order chi connectivity index (χ0) is 46.6. The molecule has 0 saturated heterocycles. The van der Waals surface area contributed by atoms with E-state index in [4.69, 9.17) is 18.5 Å². The topological polar surface area (TPSA) is 166 Å². The molecule has 0 aromatic carbocycles. The van der Waals surface area contributed by atoms with Gasteiger partial charge in [-0.3, -0.25) is 23.4 Å². The van der Waals surface area contributed by atoms with Crippen LogP contribution in [0.15, 0.2) is 60.8 Å². The number of phosphoric ester groups is 1. The van der Waals surface area contributed by atoms with Crippen molar-refractivity contribution in [3.05, 3.63) is 60.8 Å². The van der Waals surface area contributed by atoms with Crippen LogP contribution in [0, 0.1) is 11.8 Å². The molecule has 1 fully saturated rings. The number of ketones is 1. The number of aliphatic hydroxyl groups excluding tert-OH is 2. The summed E-state index contributed by atoms with van der Waals surface area (Å²) in [7, 11) is 1.32. The molecule has 13 heteroatoms. The van der Waals surface area contributed by atoms with Crippen LogP contribution in [0.2, 0.25) is 0 Å². The number of unbranched alkanes of at least 4 members (excludes halogenated alkanes) is 11. The molecule has 1 aliphatic carbocycles. The van der Waals surface area contributed by atoms with Gasteiger partial charge in [-0.25, -0.2) is 4.57 Å². The van der Waals surface area contributed by atoms with Crippen molar-refractivity contribution < 1.29 is 57.1 Å². The van der Waals surface area contributed by atoms with E-state index in [-0.39, 0.29) is 44.2 Å². The van der Waals surface area contributed by atoms with Crippen molar-refractivity contribution in [2.45, 2.75) is 180 Å². The molecule has 1 unspecified atom stereocenters. The Balaban J connectivity index is 2.46. The number of likely N-dealkylation sites (N-methyl/N-ethyl adjacent to an activating group) is 1. The lowest BCUT2D eigenvalue weighted by atomic mass is 9.88. The Morgan fingerprint density at radius 2 is 1.30 bits per heavy atom. The number of esters is 2. The molecule has 362 valence electrons. The molecule has 12 nitrogen and oxygen atoms in total. The minimum absolute atomic E-state index is 0.00448. The van der Waals surface area contributed by atoms with Gasteiger partial charge in [0, 0.05) is 25.2 Å². The minimum Gasteiger partial charge on any atom is -0.462 e. The zero-order valence-corrected chi connectivity index (χ0v) is 40.6. The first-order valence-corrected chi connectivity index (χ1v) is 25.6. The molecule has 1 saturated carbocycles. The molecule has 0 bridgehead atoms. The zero-order valence-electron chi connectivity index (χ0n) is 39.8. The fourth-order valence-corrected chi connectivity index (χ4v) is 7.82. The average molecular weight is 909 g/mol. The van der Waals surface area contributed by atoms with Gasteiger partial charge in [-0.2, -0.15) is 0 Å². The maximum absolute atomic E-state index is 12.8. The lowest BCUT2D eigenvalue weighted by molar-refractivity contribution is -0.870. The molecule has 6 atom stereocenters. The number of hydrogen-bond acceptors (Lipinski definition) is 10. The summed E-state index contributed by atoms with van der Waals surface area (Å²) >= 11 is 0. The van der Waals surface area contributed by atoms with E-state index in [1.807, 2.05) is 21.1 Å². The summed E-state index contributed by atoms with van der Waals surface area (Å²) in [6.07, 6.45) is 37.4. The number of hydrogen-bond donors (Lipinski definition) is 3. The Labute approximate surface area is 381 Å². The van der Waals surface area contributed by atoms with Crippen LogP contribution in [0.4, 0.5) is 0 Å². The van der Waals surface area contributed by atoms with Crippen LogP contribution in [0.3, 0.4) is 0 Å². The Bertz CT molecular complexity index is 1420. The molecule has 0 heterocycles. The van der Waals surface area contributed by atoms with E-state index < -0.39 is 50.6 Å². The number of ether oxygens (including phenoxy) is 2. The molecule has 0 aliphatic heterocycles. The quantitative estimate of drug-likeness (QED) is 0.0177. The third kappa shape index (κ3) is 33.4. The van der Waals surface area contributed by atoms with Gasteiger partial charge in [0.15, 0.2) is 6.10 Å². The Morgan fingerprint density at radius 1 is 0.746 bits per heavy atom. The molecule has 0 aromatic heterocycles. The Morgan fingerprint density at radius 3 is 1.92 bits per heavy atom. The summed E-state index contributed by atoms with van der Waals surface area (Å²) in [5, 5.41) is 20.8. The van der Waals surface area contributed by atoms with Crippen LogP contribution >= 0.6 is 7.82 Å². The van der Waals surface area contributed by atoms with Gasteiger partial charge in [-0.15, -0.1) is 0 Å². The summed E-state index contributed by atoms with van der Waals surface area (Å²) in [5.74, 6) is -1.57. The Kier molecular flexibility index (Phi) is 33.8. The standard InChI is InChI=1S/C50H86NO11P/c1-6-8-10-11-12-13-14-15-16-17-18-19-20-21-22-23-24-25-31-35-50(56)62-44(42-61-63(57,58)60-39-38-51(3,4)5)41-59-49(55)34-30-27-26-29-33-45-46(48(54)40-47(45)53)37-36-43(52)32-28-9-7-2/h12-13,15-16,18-19,21-22,36-37,43-47,52-53H,6-11,14,17,20,23-35,38-42H2,1-5H3/p+1/b13-12-,16-15-,19-18-,22-21-,37-36+/t43-,44+,45+,46+,47-/m0/s1. The van der Waals surface area contributed by atoms with Gasteiger partial charge < -0.3 is 29.1 Å². The van der Waals surface area contributed by atoms with Gasteiger partial charge in [0.2, 0.25) is 0 Å². The van der Waals surface area contributed by atoms with E-state index in [1.165, 1.54) is 25.7 Å². The van der Waals surface area contributed by atoms with Gasteiger partial charge >= 0.3 is 19.8 Å². The first-order chi connectivity index (χ1) is 30.2. The van der Waals surface area contributed by atoms with Crippen LogP contribution in [0.1, 0.15) is 162 Å². The third-order valence-electron chi connectivity index (χ3n) is 10.9. The number of allylic oxidation sites excluding steroid dienone is 9. The van der Waals surface area contributed by atoms with Crippen molar-refractivity contribution in [2.24, 2.45) is 11.8 Å². The molecule has 0 amide bonds. The number of nitrogens with zero attached hydrogens (tertiary/aromatic N) is 1. The maximum atomic E-state index is 12.8. The molecule has 0 radical (unpaired) electrons. The molecule has 0 spiro atoms. The van der Waals surface area contributed by atoms with Gasteiger partial charge in [-0.05, 0) is 76.5 Å². The molecule has 0 aromatic rings. The average Bonchev–Trinajstić information content (AvgIpc) is 3.50. The highest BCUT2D eigenvalue weighted by atomic mass is 31.2. The highest BCUT2D eigenvalue weighted by Crippen LogP contribution is 2.43. The number of aliphatic hydroxyl groups is 2. The highest BCUT2D eigenvalue weighted by Gasteiger charge is 2.39. The Hall–Kier alpha value is -2.70. The van der Waals surface area contributed by atoms with E-state index in [9.17, 15) is 34.1 Å². The monoisotopic (exact) mass is 909 g/mol. The molecule has 1 rings (SSSR count). The first kappa shape index (κ1) is 58.3. The second-order valence-corrected chi connectivity index (χ2v) is 19.4. The van der Waals surface area contributed by atoms with Gasteiger partial charge in [0.25, 0.3) is 0 Å². The predicted octanol–water partition coefficient (Wildman–Crippen LogP) is 10.6. The van der Waals surface area contributed by atoms with E-state index in [0.717, 1.165) is 77.0 Å². The predicted molar refractivity (Wildman–Crippen MR) is 253 cm³/mol. The summed E-state index contributed by atoms with van der Waals surface area (Å²) in [6.45, 7) is 3.98. The number of phosphoric acid groups is 1. The van der Waals surface area contributed by atoms with E-state index in [0.29, 0.717) is 36.7 Å². The van der Waals surface area contributed by atoms with Crippen LogP contribution in [-0.2, 0) is 37.5 Å². The lowest BCUT2D eigenvalue weighted by Gasteiger charge is -2.24. The van der Waals surface area contributed by atoms with Crippen molar-refractivity contribution in [2.75, 3.05) is 47.5 Å². The number of rotatable bonds is 39. The van der Waals surface area contributed by atoms with Crippen LogP contribution in [0.5, 0.6) is 0 Å². The fourth-order valence-electron chi connectivity index (χ4n) is 7.08. The number of quaternary nitrogens is 1. The smallest absolute Gasteiger partial charge is 0.462 e. The van der Waals surface area contributed by atoms with Gasteiger partial charge in [0.1, 0.15) is 25.5 Å². The summed E-state index contributed by atoms with van der Waals surface area (Å²) in [4.78, 5) is 48.2. The van der Waals surface area contributed by atoms with Crippen LogP contribution in [-0.4, -0.2) is 103 Å². The van der Waals surface area contributed by atoms with Crippen molar-refractivity contribution in [1.82, 2.24) is 0 Å². The van der Waals surface area contributed by atoms with Gasteiger partial charge in [0.05, 0.1) is 40.0 Å². The lowest BCUT2D eigenvalue weighted by Crippen LogP contribution is -2.37. The van der Waals surface area contributed by atoms with Crippen molar-refractivity contribution in [3.63, 3.8) is 0 Å². The van der Waals surface area contributed by atoms with Crippen molar-refractivity contribution in [1.29, 1.82) is 0 Å². The second kappa shape index (κ2) is 36.5. The number of carbonyl (C=O) groups excluding carboxylic acids is 3. The number of Topliss-reactive ketones (excluding diaryl/α,β-unsaturated/α-hetero) is 1. The molecule has 63 heavy (non-hydrogen) atoms.